The first-order chi connectivity index (χ1) is 12.5. The highest BCUT2D eigenvalue weighted by molar-refractivity contribution is 7.92. The first-order valence-corrected chi connectivity index (χ1v) is 9.48. The zero-order valence-electron chi connectivity index (χ0n) is 13.9. The van der Waals surface area contributed by atoms with Gasteiger partial charge in [-0.15, -0.1) is 0 Å². The molecule has 1 N–H and O–H groups in total. The van der Waals surface area contributed by atoms with Crippen molar-refractivity contribution < 1.29 is 12.8 Å². The number of rotatable bonds is 3. The van der Waals surface area contributed by atoms with Crippen LogP contribution in [-0.4, -0.2) is 8.42 Å². The predicted molar refractivity (Wildman–Crippen MR) is 102 cm³/mol. The van der Waals surface area contributed by atoms with E-state index in [1.54, 1.807) is 54.6 Å². The Labute approximate surface area is 149 Å². The van der Waals surface area contributed by atoms with E-state index in [4.69, 9.17) is 4.42 Å². The molecule has 4 aromatic rings. The lowest BCUT2D eigenvalue weighted by Crippen LogP contribution is -2.15. The van der Waals surface area contributed by atoms with Crippen molar-refractivity contribution in [3.63, 3.8) is 0 Å². The summed E-state index contributed by atoms with van der Waals surface area (Å²) in [5.74, 6) is 0. The van der Waals surface area contributed by atoms with Crippen LogP contribution in [0.3, 0.4) is 0 Å². The zero-order chi connectivity index (χ0) is 18.3. The SMILES string of the molecule is Cc1ccc(S(=O)(=O)Nc2cccc3oc4ccccc4c(=O)c23)cc1. The van der Waals surface area contributed by atoms with E-state index in [9.17, 15) is 13.2 Å². The summed E-state index contributed by atoms with van der Waals surface area (Å²) in [4.78, 5) is 13.0. The van der Waals surface area contributed by atoms with Gasteiger partial charge in [-0.25, -0.2) is 8.42 Å². The summed E-state index contributed by atoms with van der Waals surface area (Å²) in [6.07, 6.45) is 0. The second kappa shape index (κ2) is 6.00. The molecule has 130 valence electrons. The minimum Gasteiger partial charge on any atom is -0.456 e. The number of aryl methyl sites for hydroxylation is 1. The molecule has 5 nitrogen and oxygen atoms in total. The minimum atomic E-state index is -3.82. The highest BCUT2D eigenvalue weighted by Gasteiger charge is 2.18. The van der Waals surface area contributed by atoms with Crippen LogP contribution in [0, 0.1) is 6.92 Å². The second-order valence-electron chi connectivity index (χ2n) is 6.02. The number of sulfonamides is 1. The molecule has 6 heteroatoms. The molecule has 0 fully saturated rings. The van der Waals surface area contributed by atoms with Crippen LogP contribution in [0.15, 0.2) is 80.8 Å². The van der Waals surface area contributed by atoms with Crippen molar-refractivity contribution in [2.24, 2.45) is 0 Å². The summed E-state index contributed by atoms with van der Waals surface area (Å²) in [5.41, 5.74) is 1.68. The van der Waals surface area contributed by atoms with E-state index in [0.29, 0.717) is 16.6 Å². The fourth-order valence-corrected chi connectivity index (χ4v) is 3.92. The molecular formula is C20H15NO4S. The first-order valence-electron chi connectivity index (χ1n) is 8.00. The summed E-state index contributed by atoms with van der Waals surface area (Å²) < 4.78 is 33.7. The van der Waals surface area contributed by atoms with Crippen LogP contribution >= 0.6 is 0 Å². The molecule has 0 atom stereocenters. The minimum absolute atomic E-state index is 0.130. The lowest BCUT2D eigenvalue weighted by molar-refractivity contribution is 0.601. The summed E-state index contributed by atoms with van der Waals surface area (Å²) in [6, 6.07) is 18.2. The Bertz CT molecular complexity index is 1290. The quantitative estimate of drug-likeness (QED) is 0.556. The number of hydrogen-bond acceptors (Lipinski definition) is 4. The number of nitrogens with one attached hydrogen (secondary N) is 1. The highest BCUT2D eigenvalue weighted by Crippen LogP contribution is 2.26. The van der Waals surface area contributed by atoms with Crippen LogP contribution in [0.1, 0.15) is 5.56 Å². The molecule has 1 heterocycles. The Hall–Kier alpha value is -3.12. The smallest absolute Gasteiger partial charge is 0.261 e. The fraction of sp³-hybridized carbons (Fsp3) is 0.0500. The largest absolute Gasteiger partial charge is 0.456 e. The van der Waals surface area contributed by atoms with Crippen LogP contribution in [-0.2, 0) is 10.0 Å². The van der Waals surface area contributed by atoms with Gasteiger partial charge in [0, 0.05) is 0 Å². The molecule has 0 spiro atoms. The van der Waals surface area contributed by atoms with Crippen molar-refractivity contribution in [1.29, 1.82) is 0 Å². The lowest BCUT2D eigenvalue weighted by atomic mass is 10.1. The molecule has 0 radical (unpaired) electrons. The summed E-state index contributed by atoms with van der Waals surface area (Å²) in [5, 5.41) is 0.615. The highest BCUT2D eigenvalue weighted by atomic mass is 32.2. The summed E-state index contributed by atoms with van der Waals surface area (Å²) in [6.45, 7) is 1.88. The van der Waals surface area contributed by atoms with Gasteiger partial charge < -0.3 is 4.42 Å². The molecule has 0 saturated carbocycles. The van der Waals surface area contributed by atoms with Gasteiger partial charge in [-0.1, -0.05) is 35.9 Å². The van der Waals surface area contributed by atoms with Gasteiger partial charge in [0.25, 0.3) is 10.0 Å². The van der Waals surface area contributed by atoms with E-state index < -0.39 is 10.0 Å². The maximum Gasteiger partial charge on any atom is 0.261 e. The molecule has 4 rings (SSSR count). The van der Waals surface area contributed by atoms with E-state index in [1.807, 2.05) is 6.92 Å². The molecule has 0 aliphatic carbocycles. The molecule has 0 bridgehead atoms. The van der Waals surface area contributed by atoms with E-state index >= 15 is 0 Å². The van der Waals surface area contributed by atoms with Gasteiger partial charge in [-0.2, -0.15) is 0 Å². The van der Waals surface area contributed by atoms with Crippen molar-refractivity contribution in [1.82, 2.24) is 0 Å². The maximum atomic E-state index is 12.9. The van der Waals surface area contributed by atoms with Gasteiger partial charge in [-0.3, -0.25) is 9.52 Å². The third kappa shape index (κ3) is 2.74. The average molecular weight is 365 g/mol. The monoisotopic (exact) mass is 365 g/mol. The topological polar surface area (TPSA) is 76.4 Å². The van der Waals surface area contributed by atoms with E-state index in [0.717, 1.165) is 5.56 Å². The normalized spacial score (nSPS) is 11.7. The average Bonchev–Trinajstić information content (AvgIpc) is 2.62. The number of hydrogen-bond donors (Lipinski definition) is 1. The molecule has 3 aromatic carbocycles. The van der Waals surface area contributed by atoms with Gasteiger partial charge in [0.15, 0.2) is 0 Å². The van der Waals surface area contributed by atoms with Crippen molar-refractivity contribution >= 4 is 37.6 Å². The first kappa shape index (κ1) is 16.4. The van der Waals surface area contributed by atoms with Gasteiger partial charge in [0.2, 0.25) is 5.43 Å². The van der Waals surface area contributed by atoms with Crippen molar-refractivity contribution in [3.8, 4) is 0 Å². The summed E-state index contributed by atoms with van der Waals surface area (Å²) >= 11 is 0. The van der Waals surface area contributed by atoms with Crippen molar-refractivity contribution in [2.75, 3.05) is 4.72 Å². The van der Waals surface area contributed by atoms with Crippen molar-refractivity contribution in [2.45, 2.75) is 11.8 Å². The zero-order valence-corrected chi connectivity index (χ0v) is 14.7. The van der Waals surface area contributed by atoms with Crippen LogP contribution in [0.25, 0.3) is 21.9 Å². The van der Waals surface area contributed by atoms with Gasteiger partial charge in [-0.05, 0) is 43.3 Å². The Morgan fingerprint density at radius 3 is 2.31 bits per heavy atom. The second-order valence-corrected chi connectivity index (χ2v) is 7.71. The van der Waals surface area contributed by atoms with E-state index in [-0.39, 0.29) is 21.4 Å². The summed E-state index contributed by atoms with van der Waals surface area (Å²) in [7, 11) is -3.82. The third-order valence-electron chi connectivity index (χ3n) is 4.18. The predicted octanol–water partition coefficient (Wildman–Crippen LogP) is 4.06. The molecule has 0 aliphatic heterocycles. The van der Waals surface area contributed by atoms with Crippen LogP contribution in [0.4, 0.5) is 5.69 Å². The molecule has 26 heavy (non-hydrogen) atoms. The Balaban J connectivity index is 1.91. The van der Waals surface area contributed by atoms with Crippen LogP contribution < -0.4 is 10.2 Å². The Morgan fingerprint density at radius 1 is 0.846 bits per heavy atom. The van der Waals surface area contributed by atoms with Gasteiger partial charge >= 0.3 is 0 Å². The molecule has 1 aromatic heterocycles. The molecule has 0 amide bonds. The standard InChI is InChI=1S/C20H15NO4S/c1-13-9-11-14(12-10-13)26(23,24)21-16-6-4-8-18-19(16)20(22)15-5-2-3-7-17(15)25-18/h2-12,21H,1H3. The van der Waals surface area contributed by atoms with Crippen LogP contribution in [0.5, 0.6) is 0 Å². The Kier molecular flexibility index (Phi) is 3.77. The number of anilines is 1. The van der Waals surface area contributed by atoms with Crippen molar-refractivity contribution in [3.05, 3.63) is 82.5 Å². The molecule has 0 unspecified atom stereocenters. The van der Waals surface area contributed by atoms with E-state index in [2.05, 4.69) is 4.72 Å². The molecule has 0 aliphatic rings. The maximum absolute atomic E-state index is 12.9. The Morgan fingerprint density at radius 2 is 1.54 bits per heavy atom. The number of benzene rings is 3. The van der Waals surface area contributed by atoms with E-state index in [1.165, 1.54) is 12.1 Å². The molecule has 0 saturated heterocycles. The number of fused-ring (bicyclic) bond motifs is 2. The lowest BCUT2D eigenvalue weighted by Gasteiger charge is -2.11. The fourth-order valence-electron chi connectivity index (χ4n) is 2.85. The van der Waals surface area contributed by atoms with Gasteiger partial charge in [0.05, 0.1) is 21.4 Å². The van der Waals surface area contributed by atoms with Crippen LogP contribution in [0.2, 0.25) is 0 Å². The molecular weight excluding hydrogens is 350 g/mol. The van der Waals surface area contributed by atoms with Gasteiger partial charge in [0.1, 0.15) is 11.2 Å². The number of para-hydroxylation sites is 1. The third-order valence-corrected chi connectivity index (χ3v) is 5.56.